The molecule has 4 nitrogen and oxygen atoms in total. The van der Waals surface area contributed by atoms with E-state index in [1.807, 2.05) is 23.1 Å². The van der Waals surface area contributed by atoms with Gasteiger partial charge in [-0.1, -0.05) is 41.9 Å². The number of rotatable bonds is 2. The number of carbonyl (C=O) groups is 1. The van der Waals surface area contributed by atoms with Gasteiger partial charge in [-0.2, -0.15) is 0 Å². The van der Waals surface area contributed by atoms with E-state index in [9.17, 15) is 4.79 Å². The lowest BCUT2D eigenvalue weighted by Crippen LogP contribution is -2.31. The Kier molecular flexibility index (Phi) is 3.65. The zero-order valence-corrected chi connectivity index (χ0v) is 11.6. The van der Waals surface area contributed by atoms with Crippen LogP contribution in [0.4, 0.5) is 0 Å². The Morgan fingerprint density at radius 1 is 1.20 bits per heavy atom. The maximum Gasteiger partial charge on any atom is 0.274 e. The van der Waals surface area contributed by atoms with Crippen molar-refractivity contribution >= 4 is 17.5 Å². The van der Waals surface area contributed by atoms with Gasteiger partial charge in [0.25, 0.3) is 5.91 Å². The van der Waals surface area contributed by atoms with E-state index in [4.69, 9.17) is 11.6 Å². The summed E-state index contributed by atoms with van der Waals surface area (Å²) < 4.78 is 0. The van der Waals surface area contributed by atoms with Crippen molar-refractivity contribution < 1.29 is 4.79 Å². The topological polar surface area (TPSA) is 46.1 Å². The average Bonchev–Trinajstić information content (AvgIpc) is 2.97. The molecular weight excluding hydrogens is 274 g/mol. The molecule has 3 rings (SSSR count). The van der Waals surface area contributed by atoms with E-state index in [1.54, 1.807) is 0 Å². The van der Waals surface area contributed by atoms with E-state index in [-0.39, 0.29) is 11.9 Å². The number of nitrogens with zero attached hydrogens (tertiary/aromatic N) is 3. The van der Waals surface area contributed by atoms with Crippen LogP contribution in [0.5, 0.6) is 0 Å². The lowest BCUT2D eigenvalue weighted by atomic mass is 10.0. The highest BCUT2D eigenvalue weighted by molar-refractivity contribution is 6.29. The molecule has 1 unspecified atom stereocenters. The molecule has 2 aromatic rings. The van der Waals surface area contributed by atoms with Crippen LogP contribution in [0.2, 0.25) is 5.15 Å². The maximum absolute atomic E-state index is 12.5. The first-order valence-corrected chi connectivity index (χ1v) is 6.97. The molecule has 102 valence electrons. The molecular formula is C15H14ClN3O. The number of benzene rings is 1. The van der Waals surface area contributed by atoms with Crippen LogP contribution in [0.3, 0.4) is 0 Å². The SMILES string of the molecule is O=C(c1cnc(Cl)cn1)N1CCCC1c1ccccc1. The predicted octanol–water partition coefficient (Wildman–Crippen LogP) is 3.11. The molecule has 5 heteroatoms. The highest BCUT2D eigenvalue weighted by atomic mass is 35.5. The summed E-state index contributed by atoms with van der Waals surface area (Å²) in [6.45, 7) is 0.753. The fourth-order valence-electron chi connectivity index (χ4n) is 2.60. The molecule has 20 heavy (non-hydrogen) atoms. The molecule has 1 aliphatic rings. The van der Waals surface area contributed by atoms with Crippen LogP contribution in [-0.2, 0) is 0 Å². The predicted molar refractivity (Wildman–Crippen MR) is 76.5 cm³/mol. The second-order valence-electron chi connectivity index (χ2n) is 4.79. The van der Waals surface area contributed by atoms with Crippen molar-refractivity contribution in [2.75, 3.05) is 6.54 Å². The molecule has 1 saturated heterocycles. The van der Waals surface area contributed by atoms with Gasteiger partial charge in [0.05, 0.1) is 18.4 Å². The van der Waals surface area contributed by atoms with Crippen LogP contribution < -0.4 is 0 Å². The van der Waals surface area contributed by atoms with Crippen LogP contribution >= 0.6 is 11.6 Å². The van der Waals surface area contributed by atoms with Crippen molar-refractivity contribution in [3.05, 3.63) is 59.1 Å². The Balaban J connectivity index is 1.85. The standard InChI is InChI=1S/C15H14ClN3O/c16-14-10-17-12(9-18-14)15(20)19-8-4-7-13(19)11-5-2-1-3-6-11/h1-3,5-6,9-10,13H,4,7-8H2. The molecule has 0 aliphatic carbocycles. The van der Waals surface area contributed by atoms with E-state index in [0.29, 0.717) is 10.8 Å². The van der Waals surface area contributed by atoms with E-state index < -0.39 is 0 Å². The summed E-state index contributed by atoms with van der Waals surface area (Å²) in [4.78, 5) is 22.4. The second-order valence-corrected chi connectivity index (χ2v) is 5.18. The van der Waals surface area contributed by atoms with Crippen LogP contribution in [0, 0.1) is 0 Å². The molecule has 1 fully saturated rings. The number of amides is 1. The van der Waals surface area contributed by atoms with Crippen LogP contribution in [0.25, 0.3) is 0 Å². The van der Waals surface area contributed by atoms with Gasteiger partial charge in [-0.3, -0.25) is 4.79 Å². The lowest BCUT2D eigenvalue weighted by molar-refractivity contribution is 0.0729. The number of hydrogen-bond acceptors (Lipinski definition) is 3. The van der Waals surface area contributed by atoms with Gasteiger partial charge in [0, 0.05) is 6.54 Å². The molecule has 1 aliphatic heterocycles. The molecule has 0 bridgehead atoms. The van der Waals surface area contributed by atoms with Crippen molar-refractivity contribution in [1.29, 1.82) is 0 Å². The molecule has 1 aromatic heterocycles. The molecule has 2 heterocycles. The molecule has 1 aromatic carbocycles. The summed E-state index contributed by atoms with van der Waals surface area (Å²) in [5.41, 5.74) is 1.51. The summed E-state index contributed by atoms with van der Waals surface area (Å²) in [5.74, 6) is -0.0829. The average molecular weight is 288 g/mol. The quantitative estimate of drug-likeness (QED) is 0.852. The first-order chi connectivity index (χ1) is 9.75. The van der Waals surface area contributed by atoms with E-state index >= 15 is 0 Å². The van der Waals surface area contributed by atoms with Gasteiger partial charge in [-0.05, 0) is 18.4 Å². The normalized spacial score (nSPS) is 18.2. The largest absolute Gasteiger partial charge is 0.330 e. The Morgan fingerprint density at radius 2 is 2.00 bits per heavy atom. The number of aromatic nitrogens is 2. The molecule has 0 saturated carbocycles. The van der Waals surface area contributed by atoms with Crippen molar-refractivity contribution in [3.63, 3.8) is 0 Å². The Labute approximate surface area is 122 Å². The summed E-state index contributed by atoms with van der Waals surface area (Å²) in [6.07, 6.45) is 4.83. The third-order valence-corrected chi connectivity index (χ3v) is 3.73. The smallest absolute Gasteiger partial charge is 0.274 e. The van der Waals surface area contributed by atoms with Gasteiger partial charge in [0.2, 0.25) is 0 Å². The van der Waals surface area contributed by atoms with Gasteiger partial charge in [0.15, 0.2) is 0 Å². The third-order valence-electron chi connectivity index (χ3n) is 3.54. The minimum Gasteiger partial charge on any atom is -0.330 e. The van der Waals surface area contributed by atoms with Crippen molar-refractivity contribution in [1.82, 2.24) is 14.9 Å². The van der Waals surface area contributed by atoms with Crippen LogP contribution in [0.15, 0.2) is 42.7 Å². The van der Waals surface area contributed by atoms with Crippen LogP contribution in [-0.4, -0.2) is 27.3 Å². The fourth-order valence-corrected chi connectivity index (χ4v) is 2.70. The molecule has 0 radical (unpaired) electrons. The summed E-state index contributed by atoms with van der Waals surface area (Å²) in [5, 5.41) is 0.294. The molecule has 1 amide bonds. The zero-order chi connectivity index (χ0) is 13.9. The van der Waals surface area contributed by atoms with Gasteiger partial charge in [-0.15, -0.1) is 0 Å². The zero-order valence-electron chi connectivity index (χ0n) is 10.9. The van der Waals surface area contributed by atoms with Gasteiger partial charge in [-0.25, -0.2) is 9.97 Å². The highest BCUT2D eigenvalue weighted by Gasteiger charge is 2.31. The highest BCUT2D eigenvalue weighted by Crippen LogP contribution is 2.32. The summed E-state index contributed by atoms with van der Waals surface area (Å²) in [7, 11) is 0. The number of likely N-dealkylation sites (tertiary alicyclic amines) is 1. The minimum atomic E-state index is -0.0829. The monoisotopic (exact) mass is 287 g/mol. The van der Waals surface area contributed by atoms with Gasteiger partial charge in [0.1, 0.15) is 10.8 Å². The summed E-state index contributed by atoms with van der Waals surface area (Å²) >= 11 is 5.70. The Bertz CT molecular complexity index is 600. The van der Waals surface area contributed by atoms with Crippen molar-refractivity contribution in [2.45, 2.75) is 18.9 Å². The van der Waals surface area contributed by atoms with Crippen molar-refractivity contribution in [3.8, 4) is 0 Å². The fraction of sp³-hybridized carbons (Fsp3) is 0.267. The Hall–Kier alpha value is -1.94. The number of carbonyl (C=O) groups excluding carboxylic acids is 1. The molecule has 0 spiro atoms. The summed E-state index contributed by atoms with van der Waals surface area (Å²) in [6, 6.07) is 10.2. The van der Waals surface area contributed by atoms with Gasteiger partial charge >= 0.3 is 0 Å². The van der Waals surface area contributed by atoms with Crippen molar-refractivity contribution in [2.24, 2.45) is 0 Å². The van der Waals surface area contributed by atoms with E-state index in [2.05, 4.69) is 22.1 Å². The minimum absolute atomic E-state index is 0.0829. The first kappa shape index (κ1) is 13.1. The Morgan fingerprint density at radius 3 is 2.70 bits per heavy atom. The van der Waals surface area contributed by atoms with Gasteiger partial charge < -0.3 is 4.90 Å². The lowest BCUT2D eigenvalue weighted by Gasteiger charge is -2.24. The van der Waals surface area contributed by atoms with Crippen LogP contribution in [0.1, 0.15) is 34.9 Å². The second kappa shape index (κ2) is 5.59. The number of halogens is 1. The number of hydrogen-bond donors (Lipinski definition) is 0. The maximum atomic E-state index is 12.5. The first-order valence-electron chi connectivity index (χ1n) is 6.59. The molecule has 1 atom stereocenters. The van der Waals surface area contributed by atoms with E-state index in [0.717, 1.165) is 19.4 Å². The molecule has 0 N–H and O–H groups in total. The third kappa shape index (κ3) is 2.51. The van der Waals surface area contributed by atoms with E-state index in [1.165, 1.54) is 18.0 Å².